The molecule has 0 amide bonds. The van der Waals surface area contributed by atoms with Gasteiger partial charge in [-0.05, 0) is 0 Å². The van der Waals surface area contributed by atoms with Crippen molar-refractivity contribution in [2.24, 2.45) is 5.73 Å². The van der Waals surface area contributed by atoms with Gasteiger partial charge in [0.1, 0.15) is 91.6 Å². The maximum atomic E-state index is 12.2. The molecule has 4 rings (SSSR count). The zero-order valence-electron chi connectivity index (χ0n) is 25.6. The Hall–Kier alpha value is -1.37. The molecule has 23 nitrogen and oxygen atoms in total. The highest BCUT2D eigenvalue weighted by molar-refractivity contribution is 5.73. The number of rotatable bonds is 13. The summed E-state index contributed by atoms with van der Waals surface area (Å²) in [6.07, 6.45) is -37.1. The molecule has 0 radical (unpaired) electrons. The minimum atomic E-state index is -2.21. The number of carbonyl (C=O) groups is 1. The van der Waals surface area contributed by atoms with E-state index >= 15 is 0 Å². The van der Waals surface area contributed by atoms with Crippen molar-refractivity contribution < 1.29 is 109 Å². The third-order valence-electron chi connectivity index (χ3n) is 8.55. The number of ether oxygens (including phenoxy) is 8. The lowest BCUT2D eigenvalue weighted by atomic mass is 9.95. The van der Waals surface area contributed by atoms with Crippen LogP contribution in [0.25, 0.3) is 0 Å². The summed E-state index contributed by atoms with van der Waals surface area (Å²) in [5.74, 6) is -1.80. The first-order valence-electron chi connectivity index (χ1n) is 15.3. The normalized spacial score (nSPS) is 49.5. The molecule has 15 N–H and O–H groups in total. The zero-order valence-corrected chi connectivity index (χ0v) is 25.6. The Kier molecular flexibility index (Phi) is 14.4. The van der Waals surface area contributed by atoms with E-state index in [9.17, 15) is 71.2 Å². The van der Waals surface area contributed by atoms with Crippen LogP contribution in [-0.4, -0.2) is 228 Å². The van der Waals surface area contributed by atoms with E-state index in [0.29, 0.717) is 0 Å². The maximum absolute atomic E-state index is 12.2. The van der Waals surface area contributed by atoms with Gasteiger partial charge in [0.2, 0.25) is 0 Å². The van der Waals surface area contributed by atoms with Gasteiger partial charge in [0.05, 0.1) is 26.4 Å². The van der Waals surface area contributed by atoms with Crippen molar-refractivity contribution in [3.63, 3.8) is 0 Å². The predicted octanol–water partition coefficient (Wildman–Crippen LogP) is -9.67. The van der Waals surface area contributed by atoms with Crippen LogP contribution in [0.3, 0.4) is 0 Å². The van der Waals surface area contributed by atoms with Crippen LogP contribution in [0.15, 0.2) is 0 Å². The number of hydrogen-bond acceptors (Lipinski definition) is 22. The monoisotopic (exact) mass is 723 g/mol. The number of hydrogen-bond donors (Lipinski definition) is 14. The molecule has 0 aromatic heterocycles. The minimum absolute atomic E-state index is 0.0330. The van der Waals surface area contributed by atoms with E-state index in [1.54, 1.807) is 0 Å². The Morgan fingerprint density at radius 3 is 1.37 bits per heavy atom. The number of carboxylic acids is 1. The third kappa shape index (κ3) is 8.48. The second kappa shape index (κ2) is 17.4. The third-order valence-corrected chi connectivity index (χ3v) is 8.55. The molecular weight excluding hydrogens is 678 g/mol. The quantitative estimate of drug-likeness (QED) is 0.0838. The van der Waals surface area contributed by atoms with Gasteiger partial charge in [0, 0.05) is 6.54 Å². The van der Waals surface area contributed by atoms with Gasteiger partial charge in [-0.2, -0.15) is 0 Å². The van der Waals surface area contributed by atoms with Gasteiger partial charge in [-0.1, -0.05) is 0 Å². The van der Waals surface area contributed by atoms with E-state index in [1.807, 2.05) is 0 Å². The van der Waals surface area contributed by atoms with Crippen LogP contribution in [0.2, 0.25) is 0 Å². The average Bonchev–Trinajstić information content (AvgIpc) is 3.08. The molecule has 0 spiro atoms. The summed E-state index contributed by atoms with van der Waals surface area (Å²) in [5.41, 5.74) is 5.36. The van der Waals surface area contributed by atoms with Crippen LogP contribution in [0.4, 0.5) is 0 Å². The molecule has 4 heterocycles. The van der Waals surface area contributed by atoms with Crippen LogP contribution >= 0.6 is 0 Å². The number of carboxylic acid groups (broad SMARTS) is 1. The lowest BCUT2D eigenvalue weighted by Gasteiger charge is -2.48. The standard InChI is InChI=1S/C26H45NO22/c27-1-2-42-23-15(37)11(33)18(7(4-29)44-23)47-26-17(39)13(35)20(21(49-26)22(40)41)48-25-16(38)12(34)19(8(5-30)45-25)46-24-14(36)10(32)9(31)6(3-28)43-24/h6-21,23-26,28-39H,1-5,27H2,(H,40,41)/t6?,7?,8?,9-,10?,11?,12-,13?,14?,15?,16?,17?,18-,19+,20+,21?,23-,24-,25-,26-/m1/s1. The topological polar surface area (TPSA) is 380 Å². The van der Waals surface area contributed by atoms with E-state index in [-0.39, 0.29) is 13.2 Å². The van der Waals surface area contributed by atoms with Gasteiger partial charge in [0.15, 0.2) is 31.3 Å². The first-order valence-corrected chi connectivity index (χ1v) is 15.3. The summed E-state index contributed by atoms with van der Waals surface area (Å²) >= 11 is 0. The van der Waals surface area contributed by atoms with Crippen molar-refractivity contribution in [2.75, 3.05) is 33.0 Å². The van der Waals surface area contributed by atoms with Gasteiger partial charge in [0.25, 0.3) is 0 Å². The summed E-state index contributed by atoms with van der Waals surface area (Å²) in [5, 5.41) is 134. The van der Waals surface area contributed by atoms with Crippen LogP contribution < -0.4 is 5.73 Å². The largest absolute Gasteiger partial charge is 0.479 e. The molecule has 11 unspecified atom stereocenters. The molecule has 4 saturated heterocycles. The second-order valence-corrected chi connectivity index (χ2v) is 11.8. The van der Waals surface area contributed by atoms with Crippen molar-refractivity contribution in [2.45, 2.75) is 123 Å². The highest BCUT2D eigenvalue weighted by Gasteiger charge is 2.56. The SMILES string of the molecule is NCCO[C@@H]1OC(CO)[C@@H](O[C@@H]2OC(C(=O)O)[C@@H](O[C@H]3OC(CO)[C@H](O[C@H]4OC(CO)[C@@H](O)C(O)C4O)[C@H](O)C3O)C(O)C2O)C(O)C1O. The van der Waals surface area contributed by atoms with Crippen molar-refractivity contribution in [3.05, 3.63) is 0 Å². The van der Waals surface area contributed by atoms with E-state index in [0.717, 1.165) is 0 Å². The summed E-state index contributed by atoms with van der Waals surface area (Å²) in [7, 11) is 0. The minimum Gasteiger partial charge on any atom is -0.479 e. The van der Waals surface area contributed by atoms with Crippen LogP contribution in [0.5, 0.6) is 0 Å². The van der Waals surface area contributed by atoms with Crippen LogP contribution in [0.1, 0.15) is 0 Å². The molecule has 4 fully saturated rings. The van der Waals surface area contributed by atoms with Gasteiger partial charge in [-0.15, -0.1) is 0 Å². The van der Waals surface area contributed by atoms with Crippen molar-refractivity contribution >= 4 is 5.97 Å². The Morgan fingerprint density at radius 1 is 0.510 bits per heavy atom. The number of nitrogens with two attached hydrogens (primary N) is 1. The molecule has 4 aliphatic rings. The summed E-state index contributed by atoms with van der Waals surface area (Å²) in [4.78, 5) is 12.2. The van der Waals surface area contributed by atoms with Gasteiger partial charge >= 0.3 is 5.97 Å². The first kappa shape index (κ1) is 40.4. The summed E-state index contributed by atoms with van der Waals surface area (Å²) in [6, 6.07) is 0. The molecule has 23 heteroatoms. The Bertz CT molecular complexity index is 1040. The molecule has 0 aromatic carbocycles. The number of aliphatic carboxylic acids is 1. The van der Waals surface area contributed by atoms with Crippen LogP contribution in [-0.2, 0) is 42.7 Å². The molecular formula is C26H45NO22. The smallest absolute Gasteiger partial charge is 0.335 e. The molecule has 286 valence electrons. The molecule has 0 bridgehead atoms. The Morgan fingerprint density at radius 2 is 0.898 bits per heavy atom. The molecule has 4 aliphatic heterocycles. The van der Waals surface area contributed by atoms with E-state index in [1.165, 1.54) is 0 Å². The van der Waals surface area contributed by atoms with E-state index in [4.69, 9.17) is 43.6 Å². The Labute approximate surface area is 277 Å². The van der Waals surface area contributed by atoms with Crippen molar-refractivity contribution in [3.8, 4) is 0 Å². The fourth-order valence-corrected chi connectivity index (χ4v) is 5.82. The van der Waals surface area contributed by atoms with E-state index < -0.39 is 149 Å². The zero-order chi connectivity index (χ0) is 36.3. The fourth-order valence-electron chi connectivity index (χ4n) is 5.82. The molecule has 49 heavy (non-hydrogen) atoms. The lowest BCUT2D eigenvalue weighted by molar-refractivity contribution is -0.385. The van der Waals surface area contributed by atoms with E-state index in [2.05, 4.69) is 0 Å². The lowest BCUT2D eigenvalue weighted by Crippen LogP contribution is -2.68. The summed E-state index contributed by atoms with van der Waals surface area (Å²) in [6.45, 7) is -2.64. The Balaban J connectivity index is 1.45. The maximum Gasteiger partial charge on any atom is 0.335 e. The predicted molar refractivity (Wildman–Crippen MR) is 147 cm³/mol. The van der Waals surface area contributed by atoms with Crippen molar-refractivity contribution in [1.29, 1.82) is 0 Å². The number of aliphatic hydroxyl groups excluding tert-OH is 12. The first-order chi connectivity index (χ1) is 23.2. The summed E-state index contributed by atoms with van der Waals surface area (Å²) < 4.78 is 43.0. The molecule has 20 atom stereocenters. The molecule has 0 saturated carbocycles. The average molecular weight is 724 g/mol. The fraction of sp³-hybridized carbons (Fsp3) is 0.962. The van der Waals surface area contributed by atoms with Crippen molar-refractivity contribution in [1.82, 2.24) is 0 Å². The molecule has 0 aliphatic carbocycles. The molecule has 0 aromatic rings. The number of aliphatic hydroxyl groups is 12. The highest BCUT2D eigenvalue weighted by Crippen LogP contribution is 2.34. The van der Waals surface area contributed by atoms with Gasteiger partial charge < -0.3 is 110 Å². The highest BCUT2D eigenvalue weighted by atomic mass is 16.8. The second-order valence-electron chi connectivity index (χ2n) is 11.8. The van der Waals surface area contributed by atoms with Crippen LogP contribution in [0, 0.1) is 0 Å². The van der Waals surface area contributed by atoms with Gasteiger partial charge in [-0.3, -0.25) is 0 Å². The van der Waals surface area contributed by atoms with Gasteiger partial charge in [-0.25, -0.2) is 4.79 Å².